The van der Waals surface area contributed by atoms with Crippen molar-refractivity contribution in [3.05, 3.63) is 71.8 Å². The molecule has 2 rings (SSSR count). The standard InChI is InChI=1S/C24H46O4.C14H10O4.C4H6O4/c1-3-5-7-9-11-13-15-17-19-21-23(25)27-28-24(26)22-20-18-16-14-12-10-8-6-4-2;15-13(11-7-3-1-4-8-11)17-18-14(16)12-9-5-2-6-10-12;1-3(5)7-8-4(2)6/h3-22H2,1-2H3;1-10H;1-2H3. The zero-order valence-corrected chi connectivity index (χ0v) is 32.8. The first-order valence-electron chi connectivity index (χ1n) is 19.4. The molecule has 0 aliphatic rings. The van der Waals surface area contributed by atoms with E-state index in [2.05, 4.69) is 43.2 Å². The molecule has 12 heteroatoms. The highest BCUT2D eigenvalue weighted by molar-refractivity contribution is 5.92. The van der Waals surface area contributed by atoms with Crippen molar-refractivity contribution in [2.45, 2.75) is 156 Å². The van der Waals surface area contributed by atoms with E-state index in [1.165, 1.54) is 77.0 Å². The van der Waals surface area contributed by atoms with Crippen LogP contribution >= 0.6 is 0 Å². The molecule has 0 amide bonds. The van der Waals surface area contributed by atoms with Gasteiger partial charge in [0.15, 0.2) is 0 Å². The molecule has 0 unspecified atom stereocenters. The highest BCUT2D eigenvalue weighted by Crippen LogP contribution is 2.13. The predicted molar refractivity (Wildman–Crippen MR) is 203 cm³/mol. The van der Waals surface area contributed by atoms with Crippen LogP contribution in [0.25, 0.3) is 0 Å². The quantitative estimate of drug-likeness (QED) is 0.0636. The van der Waals surface area contributed by atoms with Crippen LogP contribution in [0.1, 0.15) is 177 Å². The normalized spacial score (nSPS) is 9.93. The SMILES string of the molecule is CC(=O)OOC(C)=O.CCCCCCCCCCCC(=O)OOC(=O)CCCCCCCCCCC.O=C(OOC(=O)c1ccccc1)c1ccccc1. The second-order valence-corrected chi connectivity index (χ2v) is 12.7. The van der Waals surface area contributed by atoms with Gasteiger partial charge in [-0.2, -0.15) is 0 Å². The summed E-state index contributed by atoms with van der Waals surface area (Å²) in [6, 6.07) is 16.6. The number of rotatable bonds is 22. The minimum Gasteiger partial charge on any atom is -0.248 e. The van der Waals surface area contributed by atoms with E-state index in [0.717, 1.165) is 52.4 Å². The maximum Gasteiger partial charge on any atom is 0.386 e. The van der Waals surface area contributed by atoms with Crippen LogP contribution in [-0.4, -0.2) is 35.8 Å². The van der Waals surface area contributed by atoms with Gasteiger partial charge in [-0.1, -0.05) is 153 Å². The Kier molecular flexibility index (Phi) is 32.2. The molecule has 2 aromatic carbocycles. The lowest BCUT2D eigenvalue weighted by molar-refractivity contribution is -0.259. The van der Waals surface area contributed by atoms with Crippen molar-refractivity contribution in [3.63, 3.8) is 0 Å². The van der Waals surface area contributed by atoms with E-state index in [1.54, 1.807) is 60.7 Å². The Bertz CT molecular complexity index is 1180. The number of carbonyl (C=O) groups excluding carboxylic acids is 6. The van der Waals surface area contributed by atoms with E-state index < -0.39 is 35.8 Å². The summed E-state index contributed by atoms with van der Waals surface area (Å²) in [7, 11) is 0. The fraction of sp³-hybridized carbons (Fsp3) is 0.571. The van der Waals surface area contributed by atoms with Crippen LogP contribution in [-0.2, 0) is 48.5 Å². The maximum atomic E-state index is 11.6. The van der Waals surface area contributed by atoms with Gasteiger partial charge in [0.1, 0.15) is 0 Å². The molecule has 0 saturated carbocycles. The van der Waals surface area contributed by atoms with E-state index in [1.807, 2.05) is 0 Å². The molecule has 54 heavy (non-hydrogen) atoms. The molecule has 0 N–H and O–H groups in total. The van der Waals surface area contributed by atoms with Crippen LogP contribution in [0.4, 0.5) is 0 Å². The van der Waals surface area contributed by atoms with Crippen molar-refractivity contribution in [2.24, 2.45) is 0 Å². The summed E-state index contributed by atoms with van der Waals surface area (Å²) in [5.74, 6) is -3.55. The van der Waals surface area contributed by atoms with Crippen LogP contribution in [0.15, 0.2) is 60.7 Å². The monoisotopic (exact) mass is 758 g/mol. The third-order valence-electron chi connectivity index (χ3n) is 7.68. The van der Waals surface area contributed by atoms with E-state index in [-0.39, 0.29) is 0 Å². The van der Waals surface area contributed by atoms with Gasteiger partial charge in [-0.05, 0) is 37.1 Å². The molecule has 0 aromatic heterocycles. The lowest BCUT2D eigenvalue weighted by Gasteiger charge is -2.04. The zero-order valence-electron chi connectivity index (χ0n) is 32.8. The summed E-state index contributed by atoms with van der Waals surface area (Å²) >= 11 is 0. The van der Waals surface area contributed by atoms with Gasteiger partial charge in [0, 0.05) is 13.8 Å². The van der Waals surface area contributed by atoms with Gasteiger partial charge in [0.25, 0.3) is 0 Å². The second kappa shape index (κ2) is 35.3. The molecule has 0 bridgehead atoms. The Labute approximate surface area is 321 Å². The van der Waals surface area contributed by atoms with E-state index in [9.17, 15) is 28.8 Å². The number of unbranched alkanes of at least 4 members (excludes halogenated alkanes) is 16. The van der Waals surface area contributed by atoms with Gasteiger partial charge in [0.05, 0.1) is 24.0 Å². The molecule has 0 saturated heterocycles. The van der Waals surface area contributed by atoms with Crippen LogP contribution in [0.2, 0.25) is 0 Å². The molecule has 0 aliphatic carbocycles. The minimum absolute atomic E-state index is 0.318. The number of hydrogen-bond donors (Lipinski definition) is 0. The van der Waals surface area contributed by atoms with Crippen LogP contribution in [0, 0.1) is 0 Å². The van der Waals surface area contributed by atoms with Gasteiger partial charge >= 0.3 is 35.8 Å². The number of benzene rings is 2. The Morgan fingerprint density at radius 1 is 0.370 bits per heavy atom. The summed E-state index contributed by atoms with van der Waals surface area (Å²) in [5.41, 5.74) is 0.636. The van der Waals surface area contributed by atoms with Gasteiger partial charge in [-0.15, -0.1) is 0 Å². The largest absolute Gasteiger partial charge is 0.386 e. The fourth-order valence-corrected chi connectivity index (χ4v) is 4.77. The first kappa shape index (κ1) is 49.3. The summed E-state index contributed by atoms with van der Waals surface area (Å²) < 4.78 is 0. The molecular formula is C42H62O12. The smallest absolute Gasteiger partial charge is 0.248 e. The highest BCUT2D eigenvalue weighted by atomic mass is 17.2. The van der Waals surface area contributed by atoms with E-state index in [4.69, 9.17) is 0 Å². The average molecular weight is 759 g/mol. The van der Waals surface area contributed by atoms with E-state index in [0.29, 0.717) is 24.0 Å². The molecular weight excluding hydrogens is 696 g/mol. The molecule has 0 heterocycles. The van der Waals surface area contributed by atoms with Crippen molar-refractivity contribution >= 4 is 35.8 Å². The number of hydrogen-bond acceptors (Lipinski definition) is 12. The topological polar surface area (TPSA) is 158 Å². The van der Waals surface area contributed by atoms with Crippen molar-refractivity contribution < 1.29 is 58.1 Å². The zero-order chi connectivity index (χ0) is 40.1. The van der Waals surface area contributed by atoms with Crippen molar-refractivity contribution in [2.75, 3.05) is 0 Å². The van der Waals surface area contributed by atoms with Gasteiger partial charge in [-0.3, -0.25) is 0 Å². The van der Waals surface area contributed by atoms with Crippen LogP contribution in [0.3, 0.4) is 0 Å². The molecule has 0 radical (unpaired) electrons. The van der Waals surface area contributed by atoms with Crippen LogP contribution in [0.5, 0.6) is 0 Å². The summed E-state index contributed by atoms with van der Waals surface area (Å²) in [6.45, 7) is 6.74. The third kappa shape index (κ3) is 32.0. The van der Waals surface area contributed by atoms with Gasteiger partial charge in [-0.25, -0.2) is 58.1 Å². The average Bonchev–Trinajstić information content (AvgIpc) is 3.18. The summed E-state index contributed by atoms with van der Waals surface area (Å²) in [5, 5.41) is 0. The third-order valence-corrected chi connectivity index (χ3v) is 7.68. The molecule has 302 valence electrons. The van der Waals surface area contributed by atoms with Gasteiger partial charge < -0.3 is 0 Å². The minimum atomic E-state index is -0.708. The van der Waals surface area contributed by atoms with Crippen LogP contribution < -0.4 is 0 Å². The lowest BCUT2D eigenvalue weighted by atomic mass is 10.1. The van der Waals surface area contributed by atoms with Crippen molar-refractivity contribution in [1.29, 1.82) is 0 Å². The Morgan fingerprint density at radius 2 is 0.648 bits per heavy atom. The predicted octanol–water partition coefficient (Wildman–Crippen LogP) is 10.5. The van der Waals surface area contributed by atoms with Gasteiger partial charge in [0.2, 0.25) is 0 Å². The number of carbonyl (C=O) groups is 6. The molecule has 12 nitrogen and oxygen atoms in total. The molecule has 0 atom stereocenters. The molecule has 0 fully saturated rings. The lowest BCUT2D eigenvalue weighted by Crippen LogP contribution is -2.11. The first-order chi connectivity index (χ1) is 26.1. The Morgan fingerprint density at radius 3 is 0.926 bits per heavy atom. The highest BCUT2D eigenvalue weighted by Gasteiger charge is 2.13. The Balaban J connectivity index is 0.000000911. The summed E-state index contributed by atoms with van der Waals surface area (Å²) in [4.78, 5) is 91.6. The van der Waals surface area contributed by atoms with E-state index >= 15 is 0 Å². The second-order valence-electron chi connectivity index (χ2n) is 12.7. The molecule has 0 spiro atoms. The summed E-state index contributed by atoms with van der Waals surface area (Å²) in [6.07, 6.45) is 22.3. The maximum absolute atomic E-state index is 11.6. The first-order valence-corrected chi connectivity index (χ1v) is 19.4. The van der Waals surface area contributed by atoms with Crippen molar-refractivity contribution in [3.8, 4) is 0 Å². The molecule has 2 aromatic rings. The molecule has 0 aliphatic heterocycles. The Hall–Kier alpha value is -4.74. The van der Waals surface area contributed by atoms with Crippen molar-refractivity contribution in [1.82, 2.24) is 0 Å². The fourth-order valence-electron chi connectivity index (χ4n) is 4.77.